The fraction of sp³-hybridized carbons (Fsp3) is 0.200. The van der Waals surface area contributed by atoms with Crippen molar-refractivity contribution in [3.05, 3.63) is 64.6 Å². The van der Waals surface area contributed by atoms with Crippen molar-refractivity contribution in [1.82, 2.24) is 4.98 Å². The molecule has 4 aromatic rings. The van der Waals surface area contributed by atoms with Crippen LogP contribution in [0.4, 0.5) is 27.9 Å². The number of aromatic nitrogens is 1. The molecule has 0 atom stereocenters. The van der Waals surface area contributed by atoms with Gasteiger partial charge in [-0.05, 0) is 55.5 Å². The Hall–Kier alpha value is -3.58. The molecule has 0 N–H and O–H groups in total. The predicted molar refractivity (Wildman–Crippen MR) is 146 cm³/mol. The Kier molecular flexibility index (Phi) is 8.44. The van der Waals surface area contributed by atoms with Crippen molar-refractivity contribution < 1.29 is 4.74 Å². The molecule has 182 valence electrons. The highest BCUT2D eigenvalue weighted by Gasteiger charge is 2.08. The summed E-state index contributed by atoms with van der Waals surface area (Å²) in [5.41, 5.74) is 3.61. The molecule has 0 radical (unpaired) electrons. The van der Waals surface area contributed by atoms with Gasteiger partial charge in [0, 0.05) is 24.8 Å². The quantitative estimate of drug-likeness (QED) is 0.198. The zero-order chi connectivity index (χ0) is 25.5. The number of hydrogen-bond acceptors (Lipinski definition) is 9. The number of hydrogen-bond donors (Lipinski definition) is 0. The van der Waals surface area contributed by atoms with Crippen molar-refractivity contribution in [2.24, 2.45) is 20.5 Å². The number of benzene rings is 3. The van der Waals surface area contributed by atoms with Crippen LogP contribution in [0.2, 0.25) is 10.0 Å². The summed E-state index contributed by atoms with van der Waals surface area (Å²) in [6.45, 7) is 3.58. The third kappa shape index (κ3) is 6.15. The SMILES string of the molecule is CCN(CCC#N)c1ccc(N=Nc2ccc(N=Nc3nc4cc(Cl)c(Cl)cc4s3)cc2OC)cc1. The van der Waals surface area contributed by atoms with E-state index in [0.717, 1.165) is 16.9 Å². The lowest BCUT2D eigenvalue weighted by Gasteiger charge is -2.21. The lowest BCUT2D eigenvalue weighted by Crippen LogP contribution is -2.23. The summed E-state index contributed by atoms with van der Waals surface area (Å²) < 4.78 is 6.35. The van der Waals surface area contributed by atoms with E-state index in [1.807, 2.05) is 24.3 Å². The van der Waals surface area contributed by atoms with Crippen molar-refractivity contribution >= 4 is 72.6 Å². The number of rotatable bonds is 9. The van der Waals surface area contributed by atoms with Crippen molar-refractivity contribution in [2.45, 2.75) is 13.3 Å². The molecule has 8 nitrogen and oxygen atoms in total. The molecule has 0 unspecified atom stereocenters. The zero-order valence-corrected chi connectivity index (χ0v) is 21.8. The van der Waals surface area contributed by atoms with Crippen LogP contribution in [-0.4, -0.2) is 25.2 Å². The molecule has 1 aromatic heterocycles. The van der Waals surface area contributed by atoms with Gasteiger partial charge in [0.25, 0.3) is 0 Å². The first kappa shape index (κ1) is 25.5. The van der Waals surface area contributed by atoms with Crippen LogP contribution in [0.15, 0.2) is 75.1 Å². The first-order valence-electron chi connectivity index (χ1n) is 11.0. The minimum atomic E-state index is 0.446. The van der Waals surface area contributed by atoms with Crippen molar-refractivity contribution in [2.75, 3.05) is 25.1 Å². The Labute approximate surface area is 222 Å². The summed E-state index contributed by atoms with van der Waals surface area (Å²) in [5.74, 6) is 0.517. The minimum Gasteiger partial charge on any atom is -0.494 e. The number of thiazole rings is 1. The highest BCUT2D eigenvalue weighted by Crippen LogP contribution is 2.36. The van der Waals surface area contributed by atoms with Crippen LogP contribution in [0.3, 0.4) is 0 Å². The van der Waals surface area contributed by atoms with E-state index in [4.69, 9.17) is 33.2 Å². The van der Waals surface area contributed by atoms with Gasteiger partial charge in [0.15, 0.2) is 0 Å². The number of nitrogens with zero attached hydrogens (tertiary/aromatic N) is 7. The highest BCUT2D eigenvalue weighted by atomic mass is 35.5. The van der Waals surface area contributed by atoms with Gasteiger partial charge in [-0.2, -0.15) is 10.4 Å². The predicted octanol–water partition coefficient (Wildman–Crippen LogP) is 9.18. The van der Waals surface area contributed by atoms with E-state index in [0.29, 0.717) is 56.5 Å². The fourth-order valence-corrected chi connectivity index (χ4v) is 4.56. The summed E-state index contributed by atoms with van der Waals surface area (Å²) >= 11 is 13.5. The molecule has 0 amide bonds. The lowest BCUT2D eigenvalue weighted by atomic mass is 10.2. The van der Waals surface area contributed by atoms with E-state index >= 15 is 0 Å². The van der Waals surface area contributed by atoms with Crippen LogP contribution < -0.4 is 9.64 Å². The molecular formula is C25H21Cl2N7OS. The number of azo groups is 2. The van der Waals surface area contributed by atoms with Crippen LogP contribution >= 0.6 is 34.5 Å². The largest absolute Gasteiger partial charge is 0.494 e. The van der Waals surface area contributed by atoms with Crippen molar-refractivity contribution in [1.29, 1.82) is 5.26 Å². The van der Waals surface area contributed by atoms with E-state index in [-0.39, 0.29) is 0 Å². The van der Waals surface area contributed by atoms with Gasteiger partial charge in [0.05, 0.1) is 51.2 Å². The summed E-state index contributed by atoms with van der Waals surface area (Å²) in [5, 5.41) is 27.4. The Morgan fingerprint density at radius 3 is 2.42 bits per heavy atom. The van der Waals surface area contributed by atoms with E-state index < -0.39 is 0 Å². The molecular weight excluding hydrogens is 517 g/mol. The second-order valence-electron chi connectivity index (χ2n) is 7.49. The number of nitriles is 1. The molecule has 4 rings (SSSR count). The van der Waals surface area contributed by atoms with Gasteiger partial charge in [-0.1, -0.05) is 34.5 Å². The van der Waals surface area contributed by atoms with E-state index in [1.165, 1.54) is 11.3 Å². The maximum Gasteiger partial charge on any atom is 0.231 e. The highest BCUT2D eigenvalue weighted by molar-refractivity contribution is 7.22. The monoisotopic (exact) mass is 537 g/mol. The number of ether oxygens (including phenoxy) is 1. The van der Waals surface area contributed by atoms with E-state index in [9.17, 15) is 0 Å². The maximum absolute atomic E-state index is 8.83. The maximum atomic E-state index is 8.83. The molecule has 3 aromatic carbocycles. The smallest absolute Gasteiger partial charge is 0.231 e. The summed E-state index contributed by atoms with van der Waals surface area (Å²) in [4.78, 5) is 6.56. The molecule has 0 spiro atoms. The molecule has 11 heteroatoms. The van der Waals surface area contributed by atoms with Crippen LogP contribution in [0, 0.1) is 11.3 Å². The first-order chi connectivity index (χ1) is 17.5. The summed E-state index contributed by atoms with van der Waals surface area (Å²) in [7, 11) is 1.56. The van der Waals surface area contributed by atoms with Gasteiger partial charge in [-0.15, -0.1) is 15.3 Å². The van der Waals surface area contributed by atoms with Crippen LogP contribution in [0.1, 0.15) is 13.3 Å². The molecule has 0 saturated heterocycles. The first-order valence-corrected chi connectivity index (χ1v) is 12.6. The molecule has 0 fully saturated rings. The Balaban J connectivity index is 1.47. The van der Waals surface area contributed by atoms with Crippen molar-refractivity contribution in [3.8, 4) is 11.8 Å². The summed E-state index contributed by atoms with van der Waals surface area (Å²) in [6, 6.07) is 18.7. The molecule has 0 bridgehead atoms. The van der Waals surface area contributed by atoms with Gasteiger partial charge in [0.2, 0.25) is 5.13 Å². The van der Waals surface area contributed by atoms with Gasteiger partial charge in [-0.25, -0.2) is 4.98 Å². The molecule has 1 heterocycles. The minimum absolute atomic E-state index is 0.446. The average molecular weight is 538 g/mol. The van der Waals surface area contributed by atoms with Gasteiger partial charge in [0.1, 0.15) is 11.4 Å². The number of halogens is 2. The molecule has 0 saturated carbocycles. The van der Waals surface area contributed by atoms with Crippen LogP contribution in [0.25, 0.3) is 10.2 Å². The number of fused-ring (bicyclic) bond motifs is 1. The third-order valence-corrected chi connectivity index (χ3v) is 6.82. The second kappa shape index (κ2) is 11.9. The Morgan fingerprint density at radius 1 is 0.972 bits per heavy atom. The standard InChI is InChI=1S/C25H21Cl2N7OS/c1-3-34(12-4-11-28)18-8-5-16(6-9-18)30-32-21-10-7-17(13-23(21)35-2)31-33-25-29-22-14-19(26)20(27)15-24(22)36-25/h5-10,13-15H,3-4,12H2,1-2H3. The zero-order valence-electron chi connectivity index (χ0n) is 19.5. The van der Waals surface area contributed by atoms with E-state index in [1.54, 1.807) is 37.4 Å². The van der Waals surface area contributed by atoms with Gasteiger partial charge >= 0.3 is 0 Å². The van der Waals surface area contributed by atoms with Crippen LogP contribution in [-0.2, 0) is 0 Å². The molecule has 36 heavy (non-hydrogen) atoms. The summed E-state index contributed by atoms with van der Waals surface area (Å²) in [6.07, 6.45) is 0.481. The Morgan fingerprint density at radius 2 is 1.69 bits per heavy atom. The second-order valence-corrected chi connectivity index (χ2v) is 9.31. The fourth-order valence-electron chi connectivity index (χ4n) is 3.36. The van der Waals surface area contributed by atoms with Gasteiger partial charge in [-0.3, -0.25) is 0 Å². The van der Waals surface area contributed by atoms with Crippen molar-refractivity contribution in [3.63, 3.8) is 0 Å². The molecule has 0 aliphatic rings. The van der Waals surface area contributed by atoms with Crippen LogP contribution in [0.5, 0.6) is 5.75 Å². The average Bonchev–Trinajstić information content (AvgIpc) is 3.29. The van der Waals surface area contributed by atoms with Gasteiger partial charge < -0.3 is 9.64 Å². The molecule has 0 aliphatic carbocycles. The number of anilines is 1. The normalized spacial score (nSPS) is 11.4. The van der Waals surface area contributed by atoms with E-state index in [2.05, 4.69) is 43.3 Å². The third-order valence-electron chi connectivity index (χ3n) is 5.20. The molecule has 0 aliphatic heterocycles. The topological polar surface area (TPSA) is 98.6 Å². The Bertz CT molecular complexity index is 1420. The lowest BCUT2D eigenvalue weighted by molar-refractivity contribution is 0.416. The number of methoxy groups -OCH3 is 1.